The topological polar surface area (TPSA) is 49.6 Å². The van der Waals surface area contributed by atoms with Gasteiger partial charge in [-0.05, 0) is 73.5 Å². The summed E-state index contributed by atoms with van der Waals surface area (Å²) < 4.78 is 0. The van der Waals surface area contributed by atoms with Crippen molar-refractivity contribution in [3.05, 3.63) is 169 Å². The van der Waals surface area contributed by atoms with E-state index >= 15 is 0 Å². The fourth-order valence-corrected chi connectivity index (χ4v) is 3.57. The van der Waals surface area contributed by atoms with Gasteiger partial charge in [0.05, 0.1) is 4.92 Å². The van der Waals surface area contributed by atoms with E-state index in [-0.39, 0.29) is 5.70 Å². The first-order valence-electron chi connectivity index (χ1n) is 12.2. The molecule has 0 fully saturated rings. The molecule has 0 aliphatic heterocycles. The zero-order valence-corrected chi connectivity index (χ0v) is 22.3. The van der Waals surface area contributed by atoms with Crippen LogP contribution in [0.4, 0.5) is 11.4 Å². The quantitative estimate of drug-likeness (QED) is 0.155. The van der Waals surface area contributed by atoms with E-state index in [9.17, 15) is 10.1 Å². The van der Waals surface area contributed by atoms with E-state index in [1.54, 1.807) is 30.5 Å². The Morgan fingerprint density at radius 3 is 1.76 bits per heavy atom. The highest BCUT2D eigenvalue weighted by Crippen LogP contribution is 2.30. The van der Waals surface area contributed by atoms with Crippen LogP contribution in [0, 0.1) is 10.1 Å². The smallest absolute Gasteiger partial charge is 0.270 e. The molecule has 0 aliphatic carbocycles. The van der Waals surface area contributed by atoms with Gasteiger partial charge in [0.2, 0.25) is 0 Å². The van der Waals surface area contributed by atoms with Gasteiger partial charge in [-0.2, -0.15) is 0 Å². The predicted octanol–water partition coefficient (Wildman–Crippen LogP) is 8.75. The molecular weight excluding hydrogens is 470 g/mol. The summed E-state index contributed by atoms with van der Waals surface area (Å²) in [6.07, 6.45) is 21.2. The van der Waals surface area contributed by atoms with Gasteiger partial charge in [-0.25, -0.2) is 0 Å². The van der Waals surface area contributed by atoms with Crippen LogP contribution in [0.3, 0.4) is 0 Å². The van der Waals surface area contributed by atoms with Gasteiger partial charge in [-0.1, -0.05) is 74.4 Å². The molecule has 194 valence electrons. The van der Waals surface area contributed by atoms with Crippen LogP contribution in [0.5, 0.6) is 0 Å². The van der Waals surface area contributed by atoms with Gasteiger partial charge in [0.15, 0.2) is 0 Å². The molecular formula is C33H35N3O2. The van der Waals surface area contributed by atoms with E-state index in [2.05, 4.69) is 48.9 Å². The highest BCUT2D eigenvalue weighted by Gasteiger charge is 2.13. The summed E-state index contributed by atoms with van der Waals surface area (Å²) >= 11 is 0. The zero-order chi connectivity index (χ0) is 27.9. The molecule has 0 atom stereocenters. The number of rotatable bonds is 13. The second-order valence-corrected chi connectivity index (χ2v) is 8.08. The molecule has 2 aromatic rings. The maximum Gasteiger partial charge on any atom is 0.270 e. The summed E-state index contributed by atoms with van der Waals surface area (Å²) in [5, 5.41) is 11.2. The molecule has 2 rings (SSSR count). The Morgan fingerprint density at radius 2 is 1.29 bits per heavy atom. The van der Waals surface area contributed by atoms with Crippen molar-refractivity contribution in [3.8, 4) is 11.1 Å². The van der Waals surface area contributed by atoms with Crippen molar-refractivity contribution in [1.29, 1.82) is 0 Å². The van der Waals surface area contributed by atoms with Crippen molar-refractivity contribution in [3.63, 3.8) is 0 Å². The second-order valence-electron chi connectivity index (χ2n) is 8.08. The minimum atomic E-state index is -0.405. The van der Waals surface area contributed by atoms with E-state index in [1.807, 2.05) is 80.4 Å². The SMILES string of the molecule is C=C/C=C(\C=C)N(/C(C=C)=C/C=C\C)c1ccc(-c2ccc(N(C)/C=C/C(=C\C=C/C)[N+](=O)[O-])cc2)cc1. The van der Waals surface area contributed by atoms with Crippen molar-refractivity contribution in [2.75, 3.05) is 16.8 Å². The molecule has 5 heteroatoms. The van der Waals surface area contributed by atoms with E-state index in [0.29, 0.717) is 0 Å². The van der Waals surface area contributed by atoms with Gasteiger partial charge in [-0.3, -0.25) is 10.1 Å². The van der Waals surface area contributed by atoms with Gasteiger partial charge < -0.3 is 9.80 Å². The number of hydrogen-bond acceptors (Lipinski definition) is 4. The van der Waals surface area contributed by atoms with Crippen molar-refractivity contribution in [2.45, 2.75) is 13.8 Å². The lowest BCUT2D eigenvalue weighted by molar-refractivity contribution is -0.419. The molecule has 0 radical (unpaired) electrons. The molecule has 0 N–H and O–H groups in total. The molecule has 0 heterocycles. The average molecular weight is 506 g/mol. The van der Waals surface area contributed by atoms with Crippen LogP contribution in [0.15, 0.2) is 158 Å². The van der Waals surface area contributed by atoms with Gasteiger partial charge in [0.25, 0.3) is 5.70 Å². The Labute approximate surface area is 226 Å². The molecule has 5 nitrogen and oxygen atoms in total. The van der Waals surface area contributed by atoms with Crippen LogP contribution in [0.1, 0.15) is 13.8 Å². The highest BCUT2D eigenvalue weighted by atomic mass is 16.6. The van der Waals surface area contributed by atoms with Crippen molar-refractivity contribution < 1.29 is 4.92 Å². The Hall–Kier alpha value is -4.90. The third-order valence-corrected chi connectivity index (χ3v) is 5.56. The average Bonchev–Trinajstić information content (AvgIpc) is 2.94. The lowest BCUT2D eigenvalue weighted by atomic mass is 10.0. The first-order chi connectivity index (χ1) is 18.4. The van der Waals surface area contributed by atoms with Crippen LogP contribution in [-0.4, -0.2) is 12.0 Å². The Bertz CT molecular complexity index is 1310. The molecule has 2 aromatic carbocycles. The van der Waals surface area contributed by atoms with E-state index in [0.717, 1.165) is 33.9 Å². The fourth-order valence-electron chi connectivity index (χ4n) is 3.57. The minimum absolute atomic E-state index is 0.0171. The van der Waals surface area contributed by atoms with Crippen LogP contribution < -0.4 is 9.80 Å². The molecule has 0 unspecified atom stereocenters. The largest absolute Gasteiger partial charge is 0.351 e. The number of nitro groups is 1. The fraction of sp³-hybridized carbons (Fsp3) is 0.0909. The third kappa shape index (κ3) is 8.07. The van der Waals surface area contributed by atoms with Crippen molar-refractivity contribution in [1.82, 2.24) is 0 Å². The molecule has 0 aromatic heterocycles. The monoisotopic (exact) mass is 505 g/mol. The van der Waals surface area contributed by atoms with E-state index in [1.165, 1.54) is 12.2 Å². The number of hydrogen-bond donors (Lipinski definition) is 0. The maximum absolute atomic E-state index is 11.2. The van der Waals surface area contributed by atoms with Crippen LogP contribution >= 0.6 is 0 Å². The Morgan fingerprint density at radius 1 is 0.789 bits per heavy atom. The summed E-state index contributed by atoms with van der Waals surface area (Å²) in [5.74, 6) is 0. The van der Waals surface area contributed by atoms with E-state index < -0.39 is 4.92 Å². The van der Waals surface area contributed by atoms with Crippen LogP contribution in [0.2, 0.25) is 0 Å². The molecule has 0 saturated carbocycles. The molecule has 38 heavy (non-hydrogen) atoms. The van der Waals surface area contributed by atoms with Crippen molar-refractivity contribution >= 4 is 11.4 Å². The lowest BCUT2D eigenvalue weighted by Gasteiger charge is -2.27. The van der Waals surface area contributed by atoms with Gasteiger partial charge in [0, 0.05) is 48.2 Å². The van der Waals surface area contributed by atoms with Gasteiger partial charge >= 0.3 is 0 Å². The number of anilines is 2. The maximum atomic E-state index is 11.2. The number of allylic oxidation sites excluding steroid dienone is 11. The van der Waals surface area contributed by atoms with Crippen LogP contribution in [-0.2, 0) is 0 Å². The first-order valence-corrected chi connectivity index (χ1v) is 12.2. The minimum Gasteiger partial charge on any atom is -0.351 e. The summed E-state index contributed by atoms with van der Waals surface area (Å²) in [6.45, 7) is 15.6. The predicted molar refractivity (Wildman–Crippen MR) is 163 cm³/mol. The van der Waals surface area contributed by atoms with E-state index in [4.69, 9.17) is 0 Å². The summed E-state index contributed by atoms with van der Waals surface area (Å²) in [6, 6.07) is 16.3. The highest BCUT2D eigenvalue weighted by molar-refractivity contribution is 5.71. The summed E-state index contributed by atoms with van der Waals surface area (Å²) in [4.78, 5) is 14.7. The normalized spacial score (nSPS) is 12.8. The number of benzene rings is 2. The van der Waals surface area contributed by atoms with Crippen molar-refractivity contribution in [2.24, 2.45) is 0 Å². The standard InChI is InChI=1S/C33H35N3O2/c1-7-12-15-30(11-5)35(29(10-4)14-9-3)32-23-19-28(20-24-32)27-17-21-31(22-18-27)34(6)26-25-33(36(37)38)16-13-8-2/h7-26H,3-5H2,1-2,6H3/b12-7-,13-8-,26-25+,29-14+,30-15+,33-16+. The summed E-state index contributed by atoms with van der Waals surface area (Å²) in [5.41, 5.74) is 5.80. The molecule has 0 aliphatic rings. The molecule has 0 amide bonds. The Kier molecular flexibility index (Phi) is 11.8. The molecule has 0 spiro atoms. The number of nitrogens with zero attached hydrogens (tertiary/aromatic N) is 3. The summed E-state index contributed by atoms with van der Waals surface area (Å²) in [7, 11) is 1.86. The van der Waals surface area contributed by atoms with Gasteiger partial charge in [-0.15, -0.1) is 0 Å². The lowest BCUT2D eigenvalue weighted by Crippen LogP contribution is -2.19. The Balaban J connectivity index is 2.33. The van der Waals surface area contributed by atoms with Crippen LogP contribution in [0.25, 0.3) is 11.1 Å². The second kappa shape index (κ2) is 15.3. The first kappa shape index (κ1) is 29.3. The zero-order valence-electron chi connectivity index (χ0n) is 22.3. The molecule has 0 saturated heterocycles. The third-order valence-electron chi connectivity index (χ3n) is 5.56. The van der Waals surface area contributed by atoms with Gasteiger partial charge in [0.1, 0.15) is 0 Å². The molecule has 0 bridgehead atoms.